The lowest BCUT2D eigenvalue weighted by Gasteiger charge is -2.15. The quantitative estimate of drug-likeness (QED) is 0.479. The molecule has 6 heteroatoms. The number of nitrogens with zero attached hydrogens (tertiary/aromatic N) is 2. The smallest absolute Gasteiger partial charge is 0.237 e. The molecule has 3 aromatic rings. The van der Waals surface area contributed by atoms with Crippen LogP contribution in [0.1, 0.15) is 41.3 Å². The van der Waals surface area contributed by atoms with Crippen LogP contribution in [0, 0.1) is 13.8 Å². The minimum Gasteiger partial charge on any atom is -0.325 e. The fourth-order valence-corrected chi connectivity index (χ4v) is 5.80. The van der Waals surface area contributed by atoms with Gasteiger partial charge in [-0.15, -0.1) is 11.3 Å². The summed E-state index contributed by atoms with van der Waals surface area (Å²) in [5.41, 5.74) is 4.56. The predicted molar refractivity (Wildman–Crippen MR) is 114 cm³/mol. The van der Waals surface area contributed by atoms with Gasteiger partial charge in [0.15, 0.2) is 0 Å². The van der Waals surface area contributed by atoms with E-state index < -0.39 is 0 Å². The Balaban J connectivity index is 1.56. The second-order valence-corrected chi connectivity index (χ2v) is 9.55. The first-order valence-corrected chi connectivity index (χ1v) is 11.0. The van der Waals surface area contributed by atoms with Gasteiger partial charge in [0, 0.05) is 16.0 Å². The van der Waals surface area contributed by atoms with E-state index in [1.807, 2.05) is 26.0 Å². The lowest BCUT2D eigenvalue weighted by Crippen LogP contribution is -2.23. The summed E-state index contributed by atoms with van der Waals surface area (Å²) in [6, 6.07) is 6.07. The molecule has 4 nitrogen and oxygen atoms in total. The maximum absolute atomic E-state index is 12.7. The number of nitrogens with one attached hydrogen (secondary N) is 1. The highest BCUT2D eigenvalue weighted by molar-refractivity contribution is 8.00. The summed E-state index contributed by atoms with van der Waals surface area (Å²) < 4.78 is 0. The van der Waals surface area contributed by atoms with Crippen molar-refractivity contribution in [2.24, 2.45) is 0 Å². The van der Waals surface area contributed by atoms with Gasteiger partial charge in [-0.1, -0.05) is 29.5 Å². The van der Waals surface area contributed by atoms with Crippen molar-refractivity contribution in [2.75, 3.05) is 5.32 Å². The van der Waals surface area contributed by atoms with Gasteiger partial charge in [-0.3, -0.25) is 4.79 Å². The van der Waals surface area contributed by atoms with Gasteiger partial charge in [0.25, 0.3) is 0 Å². The van der Waals surface area contributed by atoms with Crippen LogP contribution in [0.5, 0.6) is 0 Å². The third-order valence-corrected chi connectivity index (χ3v) is 7.31. The van der Waals surface area contributed by atoms with Gasteiger partial charge in [0.2, 0.25) is 5.91 Å². The zero-order valence-electron chi connectivity index (χ0n) is 15.8. The van der Waals surface area contributed by atoms with Crippen molar-refractivity contribution in [1.82, 2.24) is 9.97 Å². The Bertz CT molecular complexity index is 1010. The van der Waals surface area contributed by atoms with E-state index in [1.54, 1.807) is 17.7 Å². The van der Waals surface area contributed by atoms with E-state index in [-0.39, 0.29) is 11.2 Å². The number of aryl methyl sites for hydroxylation is 4. The highest BCUT2D eigenvalue weighted by Crippen LogP contribution is 2.40. The molecule has 1 aromatic carbocycles. The van der Waals surface area contributed by atoms with E-state index in [1.165, 1.54) is 46.0 Å². The average Bonchev–Trinajstić information content (AvgIpc) is 3.03. The molecule has 0 spiro atoms. The van der Waals surface area contributed by atoms with E-state index in [0.29, 0.717) is 0 Å². The summed E-state index contributed by atoms with van der Waals surface area (Å²) in [5, 5.41) is 4.94. The van der Waals surface area contributed by atoms with Crippen molar-refractivity contribution in [1.29, 1.82) is 0 Å². The van der Waals surface area contributed by atoms with Crippen molar-refractivity contribution in [2.45, 2.75) is 56.7 Å². The molecule has 2 aromatic heterocycles. The molecule has 0 fully saturated rings. The average molecular weight is 398 g/mol. The number of fused-ring (bicyclic) bond motifs is 3. The second kappa shape index (κ2) is 7.60. The Morgan fingerprint density at radius 1 is 1.22 bits per heavy atom. The molecule has 1 aliphatic rings. The van der Waals surface area contributed by atoms with Gasteiger partial charge in [0.1, 0.15) is 16.2 Å². The van der Waals surface area contributed by atoms with E-state index in [0.717, 1.165) is 33.9 Å². The predicted octanol–water partition coefficient (Wildman–Crippen LogP) is 5.31. The third-order valence-electron chi connectivity index (χ3n) is 5.01. The standard InChI is InChI=1S/C21H23N3OS2/c1-12-8-9-16(13(2)10-12)24-19(25)14(3)26-20-18-15-6-4-5-7-17(15)27-21(18)23-11-22-20/h8-11,14H,4-7H2,1-3H3,(H,24,25)/t14-/m1/s1. The van der Waals surface area contributed by atoms with Crippen molar-refractivity contribution in [3.05, 3.63) is 46.1 Å². The topological polar surface area (TPSA) is 54.9 Å². The number of carbonyl (C=O) groups excluding carboxylic acids is 1. The van der Waals surface area contributed by atoms with Gasteiger partial charge in [0.05, 0.1) is 5.25 Å². The maximum atomic E-state index is 12.7. The second-order valence-electron chi connectivity index (χ2n) is 7.14. The molecule has 4 rings (SSSR count). The molecule has 0 bridgehead atoms. The van der Waals surface area contributed by atoms with Crippen molar-refractivity contribution >= 4 is 44.9 Å². The van der Waals surface area contributed by atoms with Crippen LogP contribution < -0.4 is 5.32 Å². The molecule has 0 saturated heterocycles. The molecule has 140 valence electrons. The Hall–Kier alpha value is -1.92. The molecular formula is C21H23N3OS2. The molecule has 1 aliphatic carbocycles. The molecule has 0 aliphatic heterocycles. The highest BCUT2D eigenvalue weighted by atomic mass is 32.2. The number of rotatable bonds is 4. The normalized spacial score (nSPS) is 14.8. The Labute approximate surface area is 167 Å². The monoisotopic (exact) mass is 397 g/mol. The van der Waals surface area contributed by atoms with Crippen LogP contribution in [0.2, 0.25) is 0 Å². The van der Waals surface area contributed by atoms with Crippen molar-refractivity contribution in [3.63, 3.8) is 0 Å². The number of benzene rings is 1. The molecule has 1 atom stereocenters. The van der Waals surface area contributed by atoms with Crippen LogP contribution in [0.25, 0.3) is 10.2 Å². The number of hydrogen-bond donors (Lipinski definition) is 1. The summed E-state index contributed by atoms with van der Waals surface area (Å²) in [4.78, 5) is 24.3. The van der Waals surface area contributed by atoms with Gasteiger partial charge in [-0.05, 0) is 63.6 Å². The Kier molecular flexibility index (Phi) is 5.19. The molecule has 0 unspecified atom stereocenters. The van der Waals surface area contributed by atoms with Crippen LogP contribution in [0.15, 0.2) is 29.6 Å². The summed E-state index contributed by atoms with van der Waals surface area (Å²) in [6.45, 7) is 6.02. The van der Waals surface area contributed by atoms with Crippen LogP contribution in [-0.2, 0) is 17.6 Å². The van der Waals surface area contributed by atoms with E-state index in [9.17, 15) is 4.79 Å². The molecule has 0 radical (unpaired) electrons. The summed E-state index contributed by atoms with van der Waals surface area (Å²) in [6.07, 6.45) is 6.34. The third kappa shape index (κ3) is 3.73. The largest absolute Gasteiger partial charge is 0.325 e. The number of carbonyl (C=O) groups is 1. The first-order chi connectivity index (χ1) is 13.0. The number of thiophene rings is 1. The Morgan fingerprint density at radius 3 is 2.85 bits per heavy atom. The van der Waals surface area contributed by atoms with E-state index in [2.05, 4.69) is 28.3 Å². The highest BCUT2D eigenvalue weighted by Gasteiger charge is 2.23. The minimum absolute atomic E-state index is 0.00260. The SMILES string of the molecule is Cc1ccc(NC(=O)[C@@H](C)Sc2ncnc3sc4c(c23)CCCC4)c(C)c1. The minimum atomic E-state index is -0.233. The van der Waals surface area contributed by atoms with E-state index in [4.69, 9.17) is 0 Å². The lowest BCUT2D eigenvalue weighted by molar-refractivity contribution is -0.115. The first kappa shape index (κ1) is 18.4. The van der Waals surface area contributed by atoms with Gasteiger partial charge in [-0.2, -0.15) is 0 Å². The van der Waals surface area contributed by atoms with Crippen molar-refractivity contribution in [3.8, 4) is 0 Å². The summed E-state index contributed by atoms with van der Waals surface area (Å²) >= 11 is 3.32. The molecule has 2 heterocycles. The molecule has 27 heavy (non-hydrogen) atoms. The van der Waals surface area contributed by atoms with Crippen LogP contribution in [-0.4, -0.2) is 21.1 Å². The van der Waals surface area contributed by atoms with Crippen molar-refractivity contribution < 1.29 is 4.79 Å². The molecule has 0 saturated carbocycles. The van der Waals surface area contributed by atoms with Crippen LogP contribution in [0.3, 0.4) is 0 Å². The summed E-state index contributed by atoms with van der Waals surface area (Å²) in [7, 11) is 0. The fraction of sp³-hybridized carbons (Fsp3) is 0.381. The number of amides is 1. The fourth-order valence-electron chi connectivity index (χ4n) is 3.56. The maximum Gasteiger partial charge on any atom is 0.237 e. The first-order valence-electron chi connectivity index (χ1n) is 9.33. The molecule has 1 amide bonds. The molecule has 1 N–H and O–H groups in total. The van der Waals surface area contributed by atoms with Crippen LogP contribution >= 0.6 is 23.1 Å². The van der Waals surface area contributed by atoms with Gasteiger partial charge in [-0.25, -0.2) is 9.97 Å². The summed E-state index contributed by atoms with van der Waals surface area (Å²) in [5.74, 6) is 0.00260. The zero-order valence-corrected chi connectivity index (χ0v) is 17.5. The Morgan fingerprint density at radius 2 is 2.04 bits per heavy atom. The van der Waals surface area contributed by atoms with Crippen LogP contribution in [0.4, 0.5) is 5.69 Å². The number of hydrogen-bond acceptors (Lipinski definition) is 5. The zero-order chi connectivity index (χ0) is 19.0. The van der Waals surface area contributed by atoms with Gasteiger partial charge < -0.3 is 5.32 Å². The van der Waals surface area contributed by atoms with Gasteiger partial charge >= 0.3 is 0 Å². The number of anilines is 1. The van der Waals surface area contributed by atoms with E-state index >= 15 is 0 Å². The number of aromatic nitrogens is 2. The molecular weight excluding hydrogens is 374 g/mol. The lowest BCUT2D eigenvalue weighted by atomic mass is 9.97. The number of thioether (sulfide) groups is 1.